The molecule has 0 amide bonds. The third-order valence-electron chi connectivity index (χ3n) is 3.01. The van der Waals surface area contributed by atoms with Gasteiger partial charge in [0.25, 0.3) is 0 Å². The van der Waals surface area contributed by atoms with Crippen molar-refractivity contribution in [2.45, 2.75) is 25.8 Å². The van der Waals surface area contributed by atoms with Gasteiger partial charge in [0, 0.05) is 12.0 Å². The highest BCUT2D eigenvalue weighted by Crippen LogP contribution is 2.23. The average molecular weight is 248 g/mol. The van der Waals surface area contributed by atoms with Crippen molar-refractivity contribution in [1.29, 1.82) is 0 Å². The molecular weight excluding hydrogens is 231 g/mol. The van der Waals surface area contributed by atoms with Crippen LogP contribution in [0, 0.1) is 5.82 Å². The van der Waals surface area contributed by atoms with E-state index in [1.54, 1.807) is 12.3 Å². The number of nitrogens with two attached hydrogens (primary N) is 1. The van der Waals surface area contributed by atoms with E-state index >= 15 is 0 Å². The molecule has 1 aromatic carbocycles. The lowest BCUT2D eigenvalue weighted by Crippen LogP contribution is -2.29. The van der Waals surface area contributed by atoms with Gasteiger partial charge in [-0.2, -0.15) is 0 Å². The molecule has 0 saturated heterocycles. The molecule has 3 nitrogen and oxygen atoms in total. The van der Waals surface area contributed by atoms with Gasteiger partial charge in [0.15, 0.2) is 0 Å². The van der Waals surface area contributed by atoms with E-state index in [0.717, 1.165) is 23.3 Å². The largest absolute Gasteiger partial charge is 0.469 e. The van der Waals surface area contributed by atoms with Gasteiger partial charge >= 0.3 is 0 Å². The van der Waals surface area contributed by atoms with Crippen LogP contribution in [-0.2, 0) is 12.8 Å². The molecular formula is C14H17FN2O. The molecule has 0 aliphatic heterocycles. The molecule has 0 radical (unpaired) electrons. The van der Waals surface area contributed by atoms with Crippen molar-refractivity contribution in [2.75, 3.05) is 0 Å². The summed E-state index contributed by atoms with van der Waals surface area (Å²) in [6, 6.07) is 8.39. The van der Waals surface area contributed by atoms with Crippen LogP contribution in [-0.4, -0.2) is 0 Å². The number of furan rings is 1. The Labute approximate surface area is 106 Å². The minimum Gasteiger partial charge on any atom is -0.469 e. The van der Waals surface area contributed by atoms with Crippen molar-refractivity contribution >= 4 is 0 Å². The van der Waals surface area contributed by atoms with Gasteiger partial charge in [0.05, 0.1) is 12.3 Å². The minimum absolute atomic E-state index is 0.0690. The molecule has 1 atom stereocenters. The zero-order chi connectivity index (χ0) is 13.0. The summed E-state index contributed by atoms with van der Waals surface area (Å²) in [6.45, 7) is 2.03. The first-order chi connectivity index (χ1) is 8.74. The molecule has 1 heterocycles. The number of rotatable bonds is 5. The molecule has 0 saturated carbocycles. The van der Waals surface area contributed by atoms with Crippen molar-refractivity contribution in [1.82, 2.24) is 5.43 Å². The first kappa shape index (κ1) is 12.8. The number of nitrogens with one attached hydrogen (secondary N) is 1. The molecule has 1 unspecified atom stereocenters. The summed E-state index contributed by atoms with van der Waals surface area (Å²) in [5, 5.41) is 0. The molecule has 3 N–H and O–H groups in total. The van der Waals surface area contributed by atoms with E-state index in [0.29, 0.717) is 6.42 Å². The van der Waals surface area contributed by atoms with Gasteiger partial charge in [-0.05, 0) is 30.2 Å². The number of hydrogen-bond acceptors (Lipinski definition) is 3. The molecule has 0 aliphatic carbocycles. The Kier molecular flexibility index (Phi) is 4.12. The van der Waals surface area contributed by atoms with Crippen molar-refractivity contribution in [3.05, 3.63) is 59.3 Å². The smallest absolute Gasteiger partial charge is 0.123 e. The van der Waals surface area contributed by atoms with Gasteiger partial charge in [-0.25, -0.2) is 4.39 Å². The molecule has 18 heavy (non-hydrogen) atoms. The predicted octanol–water partition coefficient (Wildman–Crippen LogP) is 2.73. The fourth-order valence-corrected chi connectivity index (χ4v) is 2.11. The summed E-state index contributed by atoms with van der Waals surface area (Å²) in [7, 11) is 0. The SMILES string of the molecule is CCc1occc1C(Cc1cccc(F)c1)NN. The summed E-state index contributed by atoms with van der Waals surface area (Å²) in [6.07, 6.45) is 3.09. The lowest BCUT2D eigenvalue weighted by molar-refractivity contribution is 0.487. The number of benzene rings is 1. The summed E-state index contributed by atoms with van der Waals surface area (Å²) in [4.78, 5) is 0. The predicted molar refractivity (Wildman–Crippen MR) is 68.3 cm³/mol. The zero-order valence-corrected chi connectivity index (χ0v) is 10.3. The summed E-state index contributed by atoms with van der Waals surface area (Å²) in [5.74, 6) is 6.27. The molecule has 1 aromatic heterocycles. The zero-order valence-electron chi connectivity index (χ0n) is 10.3. The molecule has 0 bridgehead atoms. The average Bonchev–Trinajstić information content (AvgIpc) is 2.84. The fourth-order valence-electron chi connectivity index (χ4n) is 2.11. The maximum Gasteiger partial charge on any atom is 0.123 e. The molecule has 2 aromatic rings. The second-order valence-corrected chi connectivity index (χ2v) is 4.21. The normalized spacial score (nSPS) is 12.6. The molecule has 0 fully saturated rings. The highest BCUT2D eigenvalue weighted by atomic mass is 19.1. The lowest BCUT2D eigenvalue weighted by Gasteiger charge is -2.16. The Morgan fingerprint density at radius 2 is 2.22 bits per heavy atom. The van der Waals surface area contributed by atoms with E-state index in [4.69, 9.17) is 10.3 Å². The first-order valence-corrected chi connectivity index (χ1v) is 6.01. The fraction of sp³-hybridized carbons (Fsp3) is 0.286. The number of aryl methyl sites for hydroxylation is 1. The van der Waals surface area contributed by atoms with E-state index in [-0.39, 0.29) is 11.9 Å². The highest BCUT2D eigenvalue weighted by Gasteiger charge is 2.16. The summed E-state index contributed by atoms with van der Waals surface area (Å²) >= 11 is 0. The number of halogens is 1. The molecule has 96 valence electrons. The molecule has 2 rings (SSSR count). The van der Waals surface area contributed by atoms with Crippen LogP contribution in [0.5, 0.6) is 0 Å². The van der Waals surface area contributed by atoms with Gasteiger partial charge in [-0.3, -0.25) is 11.3 Å². The second kappa shape index (κ2) is 5.80. The Hall–Kier alpha value is -1.65. The highest BCUT2D eigenvalue weighted by molar-refractivity contribution is 5.25. The van der Waals surface area contributed by atoms with E-state index in [9.17, 15) is 4.39 Å². The Morgan fingerprint density at radius 1 is 1.39 bits per heavy atom. The Balaban J connectivity index is 2.20. The van der Waals surface area contributed by atoms with Crippen LogP contribution in [0.4, 0.5) is 4.39 Å². The first-order valence-electron chi connectivity index (χ1n) is 6.01. The van der Waals surface area contributed by atoms with Crippen molar-refractivity contribution < 1.29 is 8.81 Å². The van der Waals surface area contributed by atoms with Gasteiger partial charge in [0.2, 0.25) is 0 Å². The van der Waals surface area contributed by atoms with E-state index in [1.807, 2.05) is 19.1 Å². The minimum atomic E-state index is -0.230. The van der Waals surface area contributed by atoms with Gasteiger partial charge in [-0.15, -0.1) is 0 Å². The van der Waals surface area contributed by atoms with Crippen molar-refractivity contribution in [2.24, 2.45) is 5.84 Å². The monoisotopic (exact) mass is 248 g/mol. The van der Waals surface area contributed by atoms with Crippen LogP contribution < -0.4 is 11.3 Å². The Morgan fingerprint density at radius 3 is 2.89 bits per heavy atom. The molecule has 0 spiro atoms. The second-order valence-electron chi connectivity index (χ2n) is 4.21. The number of hydrazine groups is 1. The standard InChI is InChI=1S/C14H17FN2O/c1-2-14-12(6-7-18-14)13(17-16)9-10-4-3-5-11(15)8-10/h3-8,13,17H,2,9,16H2,1H3. The molecule has 4 heteroatoms. The third-order valence-corrected chi connectivity index (χ3v) is 3.01. The topological polar surface area (TPSA) is 51.2 Å². The van der Waals surface area contributed by atoms with E-state index in [1.165, 1.54) is 12.1 Å². The quantitative estimate of drug-likeness (QED) is 0.632. The van der Waals surface area contributed by atoms with Crippen LogP contribution in [0.2, 0.25) is 0 Å². The lowest BCUT2D eigenvalue weighted by atomic mass is 9.99. The van der Waals surface area contributed by atoms with E-state index in [2.05, 4.69) is 5.43 Å². The summed E-state index contributed by atoms with van der Waals surface area (Å²) in [5.41, 5.74) is 4.70. The van der Waals surface area contributed by atoms with Gasteiger partial charge in [0.1, 0.15) is 11.6 Å². The maximum atomic E-state index is 13.1. The molecule has 0 aliphatic rings. The third kappa shape index (κ3) is 2.78. The van der Waals surface area contributed by atoms with Crippen LogP contribution in [0.1, 0.15) is 29.9 Å². The van der Waals surface area contributed by atoms with E-state index < -0.39 is 0 Å². The maximum absolute atomic E-state index is 13.1. The number of hydrogen-bond donors (Lipinski definition) is 2. The van der Waals surface area contributed by atoms with Crippen LogP contribution >= 0.6 is 0 Å². The Bertz CT molecular complexity index is 510. The van der Waals surface area contributed by atoms with Crippen LogP contribution in [0.15, 0.2) is 41.0 Å². The van der Waals surface area contributed by atoms with Crippen LogP contribution in [0.25, 0.3) is 0 Å². The summed E-state index contributed by atoms with van der Waals surface area (Å²) < 4.78 is 18.5. The van der Waals surface area contributed by atoms with Gasteiger partial charge < -0.3 is 4.42 Å². The van der Waals surface area contributed by atoms with Crippen molar-refractivity contribution in [3.63, 3.8) is 0 Å². The van der Waals surface area contributed by atoms with Crippen molar-refractivity contribution in [3.8, 4) is 0 Å². The van der Waals surface area contributed by atoms with Gasteiger partial charge in [-0.1, -0.05) is 19.1 Å². The van der Waals surface area contributed by atoms with Crippen LogP contribution in [0.3, 0.4) is 0 Å².